The van der Waals surface area contributed by atoms with Gasteiger partial charge in [0.15, 0.2) is 0 Å². The van der Waals surface area contributed by atoms with Gasteiger partial charge in [0, 0.05) is 39.9 Å². The Morgan fingerprint density at radius 1 is 1.18 bits per heavy atom. The third-order valence-electron chi connectivity index (χ3n) is 2.75. The molecule has 1 unspecified atom stereocenters. The largest absolute Gasteiger partial charge is 0.383 e. The van der Waals surface area contributed by atoms with E-state index in [1.165, 1.54) is 11.5 Å². The first-order valence-corrected chi connectivity index (χ1v) is 7.45. The highest BCUT2D eigenvalue weighted by Crippen LogP contribution is 2.09. The molecule has 0 radical (unpaired) electrons. The van der Waals surface area contributed by atoms with E-state index in [-0.39, 0.29) is 0 Å². The number of thioether (sulfide) groups is 1. The molecule has 2 N–H and O–H groups in total. The first-order chi connectivity index (χ1) is 8.29. The van der Waals surface area contributed by atoms with Crippen LogP contribution in [0, 0.1) is 0 Å². The second kappa shape index (κ2) is 12.6. The fourth-order valence-corrected chi connectivity index (χ4v) is 2.43. The van der Waals surface area contributed by atoms with Gasteiger partial charge < -0.3 is 15.2 Å². The molecule has 4 nitrogen and oxygen atoms in total. The van der Waals surface area contributed by atoms with E-state index in [1.54, 1.807) is 14.2 Å². The van der Waals surface area contributed by atoms with Gasteiger partial charge in [-0.05, 0) is 17.9 Å². The average molecular weight is 264 g/mol. The van der Waals surface area contributed by atoms with Crippen molar-refractivity contribution in [3.8, 4) is 0 Å². The molecule has 0 spiro atoms. The topological polar surface area (TPSA) is 47.7 Å². The van der Waals surface area contributed by atoms with Crippen LogP contribution in [-0.2, 0) is 9.47 Å². The van der Waals surface area contributed by atoms with Gasteiger partial charge in [0.05, 0.1) is 13.2 Å². The highest BCUT2D eigenvalue weighted by atomic mass is 32.2. The van der Waals surface area contributed by atoms with Crippen LogP contribution in [0.2, 0.25) is 0 Å². The van der Waals surface area contributed by atoms with Gasteiger partial charge in [-0.2, -0.15) is 11.8 Å². The van der Waals surface area contributed by atoms with E-state index >= 15 is 0 Å². The molecule has 0 heterocycles. The molecule has 1 atom stereocenters. The summed E-state index contributed by atoms with van der Waals surface area (Å²) in [6.07, 6.45) is 1.14. The molecule has 0 saturated carbocycles. The van der Waals surface area contributed by atoms with Gasteiger partial charge in [-0.25, -0.2) is 0 Å². The lowest BCUT2D eigenvalue weighted by molar-refractivity contribution is 0.0883. The predicted octanol–water partition coefficient (Wildman–Crippen LogP) is 1.05. The average Bonchev–Trinajstić information content (AvgIpc) is 2.36. The Balaban J connectivity index is 4.06. The summed E-state index contributed by atoms with van der Waals surface area (Å²) in [4.78, 5) is 2.38. The van der Waals surface area contributed by atoms with Crippen molar-refractivity contribution in [3.05, 3.63) is 0 Å². The van der Waals surface area contributed by atoms with Crippen LogP contribution in [0.4, 0.5) is 0 Å². The Bertz CT molecular complexity index is 153. The molecule has 0 aromatic heterocycles. The molecule has 0 amide bonds. The van der Waals surface area contributed by atoms with Crippen LogP contribution in [0.1, 0.15) is 13.3 Å². The number of nitrogens with zero attached hydrogens (tertiary/aromatic N) is 1. The van der Waals surface area contributed by atoms with E-state index in [9.17, 15) is 0 Å². The van der Waals surface area contributed by atoms with Crippen LogP contribution >= 0.6 is 11.8 Å². The molecule has 0 saturated heterocycles. The molecule has 0 fully saturated rings. The zero-order valence-corrected chi connectivity index (χ0v) is 12.3. The first-order valence-electron chi connectivity index (χ1n) is 6.29. The molecule has 5 heteroatoms. The number of nitrogens with two attached hydrogens (primary N) is 1. The van der Waals surface area contributed by atoms with Crippen molar-refractivity contribution in [1.82, 2.24) is 4.90 Å². The van der Waals surface area contributed by atoms with Crippen LogP contribution < -0.4 is 5.73 Å². The molecule has 0 aliphatic carbocycles. The van der Waals surface area contributed by atoms with Crippen LogP contribution in [0.3, 0.4) is 0 Å². The molecule has 0 bridgehead atoms. The fourth-order valence-electron chi connectivity index (χ4n) is 1.71. The zero-order valence-electron chi connectivity index (χ0n) is 11.5. The number of methoxy groups -OCH3 is 2. The minimum absolute atomic E-state index is 0.444. The van der Waals surface area contributed by atoms with E-state index in [1.807, 2.05) is 11.8 Å². The molecule has 0 aliphatic rings. The van der Waals surface area contributed by atoms with Gasteiger partial charge >= 0.3 is 0 Å². The number of hydrogen-bond donors (Lipinski definition) is 1. The number of rotatable bonds is 12. The highest BCUT2D eigenvalue weighted by Gasteiger charge is 2.16. The van der Waals surface area contributed by atoms with Gasteiger partial charge in [0.25, 0.3) is 0 Å². The maximum atomic E-state index is 5.87. The SMILES string of the molecule is CCSCCC(CN)N(CCOC)CCOC. The lowest BCUT2D eigenvalue weighted by atomic mass is 10.2. The monoisotopic (exact) mass is 264 g/mol. The van der Waals surface area contributed by atoms with E-state index in [4.69, 9.17) is 15.2 Å². The highest BCUT2D eigenvalue weighted by molar-refractivity contribution is 7.99. The molecule has 104 valence electrons. The van der Waals surface area contributed by atoms with E-state index in [2.05, 4.69) is 11.8 Å². The van der Waals surface area contributed by atoms with Crippen LogP contribution in [0.15, 0.2) is 0 Å². The molecule has 17 heavy (non-hydrogen) atoms. The summed E-state index contributed by atoms with van der Waals surface area (Å²) in [7, 11) is 3.47. The molecular formula is C12H28N2O2S. The molecule has 0 aromatic rings. The second-order valence-electron chi connectivity index (χ2n) is 3.90. The fraction of sp³-hybridized carbons (Fsp3) is 1.00. The van der Waals surface area contributed by atoms with Gasteiger partial charge in [-0.3, -0.25) is 4.90 Å². The summed E-state index contributed by atoms with van der Waals surface area (Å²) >= 11 is 1.97. The van der Waals surface area contributed by atoms with Crippen LogP contribution in [0.5, 0.6) is 0 Å². The second-order valence-corrected chi connectivity index (χ2v) is 5.29. The Morgan fingerprint density at radius 3 is 2.18 bits per heavy atom. The zero-order chi connectivity index (χ0) is 12.9. The third kappa shape index (κ3) is 8.85. The van der Waals surface area contributed by atoms with Crippen molar-refractivity contribution >= 4 is 11.8 Å². The lowest BCUT2D eigenvalue weighted by Crippen LogP contribution is -2.44. The summed E-state index contributed by atoms with van der Waals surface area (Å²) < 4.78 is 10.3. The summed E-state index contributed by atoms with van der Waals surface area (Å²) in [6.45, 7) is 6.26. The van der Waals surface area contributed by atoms with Crippen molar-refractivity contribution in [2.75, 3.05) is 58.6 Å². The Hall–Kier alpha value is 0.190. The molecule has 0 rings (SSSR count). The van der Waals surface area contributed by atoms with Gasteiger partial charge in [-0.15, -0.1) is 0 Å². The molecular weight excluding hydrogens is 236 g/mol. The third-order valence-corrected chi connectivity index (χ3v) is 3.69. The maximum absolute atomic E-state index is 5.87. The smallest absolute Gasteiger partial charge is 0.0589 e. The molecule has 0 aliphatic heterocycles. The quantitative estimate of drug-likeness (QED) is 0.534. The summed E-state index contributed by atoms with van der Waals surface area (Å²) in [5.41, 5.74) is 5.87. The van der Waals surface area contributed by atoms with E-state index in [0.717, 1.165) is 32.7 Å². The van der Waals surface area contributed by atoms with Crippen LogP contribution in [0.25, 0.3) is 0 Å². The van der Waals surface area contributed by atoms with Crippen molar-refractivity contribution in [3.63, 3.8) is 0 Å². The predicted molar refractivity (Wildman–Crippen MR) is 75.8 cm³/mol. The Labute approximate surface area is 110 Å². The lowest BCUT2D eigenvalue weighted by Gasteiger charge is -2.30. The van der Waals surface area contributed by atoms with E-state index in [0.29, 0.717) is 12.6 Å². The minimum atomic E-state index is 0.444. The van der Waals surface area contributed by atoms with Gasteiger partial charge in [0.2, 0.25) is 0 Å². The summed E-state index contributed by atoms with van der Waals surface area (Å²) in [6, 6.07) is 0.444. The summed E-state index contributed by atoms with van der Waals surface area (Å²) in [5.74, 6) is 2.35. The Morgan fingerprint density at radius 2 is 1.76 bits per heavy atom. The minimum Gasteiger partial charge on any atom is -0.383 e. The van der Waals surface area contributed by atoms with Gasteiger partial charge in [0.1, 0.15) is 0 Å². The van der Waals surface area contributed by atoms with Crippen molar-refractivity contribution < 1.29 is 9.47 Å². The van der Waals surface area contributed by atoms with E-state index < -0.39 is 0 Å². The van der Waals surface area contributed by atoms with Gasteiger partial charge in [-0.1, -0.05) is 6.92 Å². The maximum Gasteiger partial charge on any atom is 0.0589 e. The number of hydrogen-bond acceptors (Lipinski definition) is 5. The first kappa shape index (κ1) is 17.2. The van der Waals surface area contributed by atoms with Crippen molar-refractivity contribution in [1.29, 1.82) is 0 Å². The Kier molecular flexibility index (Phi) is 12.8. The number of ether oxygens (including phenoxy) is 2. The van der Waals surface area contributed by atoms with Crippen molar-refractivity contribution in [2.45, 2.75) is 19.4 Å². The summed E-state index contributed by atoms with van der Waals surface area (Å²) in [5, 5.41) is 0. The normalized spacial score (nSPS) is 13.2. The standard InChI is InChI=1S/C12H28N2O2S/c1-4-17-10-5-12(11-13)14(6-8-15-2)7-9-16-3/h12H,4-11,13H2,1-3H3. The van der Waals surface area contributed by atoms with Crippen LogP contribution in [-0.4, -0.2) is 69.5 Å². The molecule has 0 aromatic carbocycles. The van der Waals surface area contributed by atoms with Crippen molar-refractivity contribution in [2.24, 2.45) is 5.73 Å².